The molecule has 1 atom stereocenters. The minimum atomic E-state index is -0.955. The number of carbonyl (C=O) groups excluding carboxylic acids is 1. The Bertz CT molecular complexity index is 821. The Balaban J connectivity index is 2.09. The van der Waals surface area contributed by atoms with E-state index in [9.17, 15) is 10.1 Å². The van der Waals surface area contributed by atoms with Crippen molar-refractivity contribution in [2.45, 2.75) is 59.1 Å². The Morgan fingerprint density at radius 3 is 2.59 bits per heavy atom. The van der Waals surface area contributed by atoms with E-state index in [1.807, 2.05) is 62.7 Å². The highest BCUT2D eigenvalue weighted by atomic mass is 16.5. The smallest absolute Gasteiger partial charge is 0.225 e. The number of nitrogens with zero attached hydrogens (tertiary/aromatic N) is 3. The Kier molecular flexibility index (Phi) is 6.75. The number of para-hydroxylation sites is 1. The van der Waals surface area contributed by atoms with Crippen LogP contribution in [0, 0.1) is 25.2 Å². The molecule has 0 saturated heterocycles. The molecule has 1 aromatic carbocycles. The Morgan fingerprint density at radius 2 is 2.00 bits per heavy atom. The first-order valence-electron chi connectivity index (χ1n) is 9.20. The number of carbonyl (C=O) groups is 1. The molecule has 0 radical (unpaired) electrons. The molecule has 1 unspecified atom stereocenters. The SMILES string of the molecule is Cc1nn(-c2ccccc2)c(C)c1CC(=O)NC(C)(C#N)CCOC(C)C. The second-order valence-electron chi connectivity index (χ2n) is 7.24. The molecule has 6 heteroatoms. The minimum Gasteiger partial charge on any atom is -0.379 e. The van der Waals surface area contributed by atoms with Gasteiger partial charge in [0.25, 0.3) is 0 Å². The van der Waals surface area contributed by atoms with E-state index in [0.717, 1.165) is 22.6 Å². The van der Waals surface area contributed by atoms with Crippen molar-refractivity contribution in [3.8, 4) is 11.8 Å². The van der Waals surface area contributed by atoms with Gasteiger partial charge in [0.15, 0.2) is 0 Å². The van der Waals surface area contributed by atoms with Crippen LogP contribution in [0.5, 0.6) is 0 Å². The largest absolute Gasteiger partial charge is 0.379 e. The van der Waals surface area contributed by atoms with Gasteiger partial charge in [0.2, 0.25) is 5.91 Å². The quantitative estimate of drug-likeness (QED) is 0.776. The fourth-order valence-corrected chi connectivity index (χ4v) is 2.91. The van der Waals surface area contributed by atoms with E-state index in [2.05, 4.69) is 16.5 Å². The van der Waals surface area contributed by atoms with Crippen molar-refractivity contribution in [2.24, 2.45) is 0 Å². The van der Waals surface area contributed by atoms with E-state index in [1.165, 1.54) is 0 Å². The number of hydrogen-bond acceptors (Lipinski definition) is 4. The maximum Gasteiger partial charge on any atom is 0.225 e. The fraction of sp³-hybridized carbons (Fsp3) is 0.476. The third-order valence-electron chi connectivity index (χ3n) is 4.49. The molecule has 0 bridgehead atoms. The Hall–Kier alpha value is -2.65. The normalized spacial score (nSPS) is 13.2. The Morgan fingerprint density at radius 1 is 1.33 bits per heavy atom. The van der Waals surface area contributed by atoms with E-state index in [-0.39, 0.29) is 18.4 Å². The number of rotatable bonds is 8. The van der Waals surface area contributed by atoms with Crippen molar-refractivity contribution in [1.82, 2.24) is 15.1 Å². The topological polar surface area (TPSA) is 79.9 Å². The first-order chi connectivity index (χ1) is 12.8. The predicted octanol–water partition coefficient (Wildman–Crippen LogP) is 3.25. The predicted molar refractivity (Wildman–Crippen MR) is 105 cm³/mol. The highest BCUT2D eigenvalue weighted by Crippen LogP contribution is 2.19. The summed E-state index contributed by atoms with van der Waals surface area (Å²) in [5, 5.41) is 16.9. The lowest BCUT2D eigenvalue weighted by Gasteiger charge is -2.23. The molecule has 1 heterocycles. The average molecular weight is 368 g/mol. The second kappa shape index (κ2) is 8.83. The summed E-state index contributed by atoms with van der Waals surface area (Å²) in [5.41, 5.74) is 2.62. The molecule has 0 saturated carbocycles. The summed E-state index contributed by atoms with van der Waals surface area (Å²) < 4.78 is 7.36. The van der Waals surface area contributed by atoms with Crippen LogP contribution in [0.15, 0.2) is 30.3 Å². The van der Waals surface area contributed by atoms with Crippen LogP contribution in [0.1, 0.15) is 44.1 Å². The zero-order valence-corrected chi connectivity index (χ0v) is 16.7. The number of nitriles is 1. The number of hydrogen-bond donors (Lipinski definition) is 1. The average Bonchev–Trinajstić information content (AvgIpc) is 2.90. The van der Waals surface area contributed by atoms with Crippen LogP contribution in [-0.4, -0.2) is 33.9 Å². The Labute approximate surface area is 161 Å². The molecule has 0 spiro atoms. The summed E-state index contributed by atoms with van der Waals surface area (Å²) in [5.74, 6) is -0.192. The van der Waals surface area contributed by atoms with Gasteiger partial charge in [-0.2, -0.15) is 10.4 Å². The molecule has 0 aliphatic heterocycles. The molecule has 0 aliphatic rings. The molecular formula is C21H28N4O2. The third-order valence-corrected chi connectivity index (χ3v) is 4.49. The van der Waals surface area contributed by atoms with Crippen molar-refractivity contribution in [1.29, 1.82) is 5.26 Å². The van der Waals surface area contributed by atoms with Gasteiger partial charge in [-0.05, 0) is 46.8 Å². The number of aromatic nitrogens is 2. The summed E-state index contributed by atoms with van der Waals surface area (Å²) >= 11 is 0. The molecule has 0 fully saturated rings. The van der Waals surface area contributed by atoms with Gasteiger partial charge in [0.05, 0.1) is 36.6 Å². The van der Waals surface area contributed by atoms with Crippen molar-refractivity contribution >= 4 is 5.91 Å². The summed E-state index contributed by atoms with van der Waals surface area (Å²) in [4.78, 5) is 12.6. The highest BCUT2D eigenvalue weighted by molar-refractivity contribution is 5.80. The van der Waals surface area contributed by atoms with Gasteiger partial charge in [0, 0.05) is 17.7 Å². The van der Waals surface area contributed by atoms with Crippen LogP contribution >= 0.6 is 0 Å². The molecule has 1 aromatic heterocycles. The number of aryl methyl sites for hydroxylation is 1. The first-order valence-corrected chi connectivity index (χ1v) is 9.20. The summed E-state index contributed by atoms with van der Waals surface area (Å²) in [6, 6.07) is 12.0. The summed E-state index contributed by atoms with van der Waals surface area (Å²) in [6.45, 7) is 9.88. The molecule has 1 amide bonds. The molecule has 27 heavy (non-hydrogen) atoms. The monoisotopic (exact) mass is 368 g/mol. The van der Waals surface area contributed by atoms with Gasteiger partial charge in [0.1, 0.15) is 5.54 Å². The number of ether oxygens (including phenoxy) is 1. The molecule has 2 rings (SSSR count). The van der Waals surface area contributed by atoms with Crippen LogP contribution in [0.2, 0.25) is 0 Å². The van der Waals surface area contributed by atoms with E-state index < -0.39 is 5.54 Å². The number of nitrogens with one attached hydrogen (secondary N) is 1. The van der Waals surface area contributed by atoms with Gasteiger partial charge >= 0.3 is 0 Å². The molecule has 1 N–H and O–H groups in total. The molecule has 2 aromatic rings. The van der Waals surface area contributed by atoms with E-state index in [4.69, 9.17) is 4.74 Å². The number of benzene rings is 1. The van der Waals surface area contributed by atoms with E-state index in [0.29, 0.717) is 13.0 Å². The zero-order chi connectivity index (χ0) is 20.0. The molecule has 6 nitrogen and oxygen atoms in total. The van der Waals surface area contributed by atoms with Gasteiger partial charge in [-0.1, -0.05) is 18.2 Å². The summed E-state index contributed by atoms with van der Waals surface area (Å²) in [7, 11) is 0. The van der Waals surface area contributed by atoms with Gasteiger partial charge in [-0.3, -0.25) is 4.79 Å². The van der Waals surface area contributed by atoms with Crippen molar-refractivity contribution < 1.29 is 9.53 Å². The first kappa shape index (κ1) is 20.7. The lowest BCUT2D eigenvalue weighted by molar-refractivity contribution is -0.121. The van der Waals surface area contributed by atoms with Gasteiger partial charge in [-0.15, -0.1) is 0 Å². The third kappa shape index (κ3) is 5.41. The lowest BCUT2D eigenvalue weighted by Crippen LogP contribution is -2.46. The molecule has 144 valence electrons. The van der Waals surface area contributed by atoms with Crippen LogP contribution in [0.4, 0.5) is 0 Å². The standard InChI is InChI=1S/C21H28N4O2/c1-15(2)27-12-11-21(5,14-22)23-20(26)13-19-16(3)24-25(17(19)4)18-9-7-6-8-10-18/h6-10,15H,11-13H2,1-5H3,(H,23,26). The molecule has 0 aliphatic carbocycles. The summed E-state index contributed by atoms with van der Waals surface area (Å²) in [6.07, 6.45) is 0.722. The lowest BCUT2D eigenvalue weighted by atomic mass is 9.99. The molecular weight excluding hydrogens is 340 g/mol. The van der Waals surface area contributed by atoms with Gasteiger partial charge < -0.3 is 10.1 Å². The highest BCUT2D eigenvalue weighted by Gasteiger charge is 2.27. The van der Waals surface area contributed by atoms with Crippen LogP contribution in [-0.2, 0) is 16.0 Å². The number of amides is 1. The van der Waals surface area contributed by atoms with Crippen molar-refractivity contribution in [3.63, 3.8) is 0 Å². The second-order valence-corrected chi connectivity index (χ2v) is 7.24. The van der Waals surface area contributed by atoms with Crippen LogP contribution < -0.4 is 5.32 Å². The van der Waals surface area contributed by atoms with E-state index in [1.54, 1.807) is 6.92 Å². The maximum absolute atomic E-state index is 12.6. The van der Waals surface area contributed by atoms with Crippen molar-refractivity contribution in [3.05, 3.63) is 47.3 Å². The van der Waals surface area contributed by atoms with Crippen molar-refractivity contribution in [2.75, 3.05) is 6.61 Å². The fourth-order valence-electron chi connectivity index (χ4n) is 2.91. The van der Waals surface area contributed by atoms with Crippen LogP contribution in [0.3, 0.4) is 0 Å². The zero-order valence-electron chi connectivity index (χ0n) is 16.7. The van der Waals surface area contributed by atoms with Gasteiger partial charge in [-0.25, -0.2) is 4.68 Å². The van der Waals surface area contributed by atoms with Crippen LogP contribution in [0.25, 0.3) is 5.69 Å². The minimum absolute atomic E-state index is 0.0952. The maximum atomic E-state index is 12.6. The van der Waals surface area contributed by atoms with E-state index >= 15 is 0 Å².